The molecule has 4 rings (SSSR count). The lowest BCUT2D eigenvalue weighted by Crippen LogP contribution is -2.61. The molecule has 3 aliphatic rings. The summed E-state index contributed by atoms with van der Waals surface area (Å²) in [6.07, 6.45) is 9.68. The van der Waals surface area contributed by atoms with E-state index in [-0.39, 0.29) is 18.2 Å². The molecule has 2 amide bonds. The summed E-state index contributed by atoms with van der Waals surface area (Å²) in [5.41, 5.74) is 8.02. The molecule has 29 heavy (non-hydrogen) atoms. The molecule has 1 aromatic rings. The highest BCUT2D eigenvalue weighted by Gasteiger charge is 2.49. The van der Waals surface area contributed by atoms with E-state index in [9.17, 15) is 9.59 Å². The first-order valence-electron chi connectivity index (χ1n) is 10.2. The molecule has 3 unspecified atom stereocenters. The van der Waals surface area contributed by atoms with E-state index in [1.807, 2.05) is 30.3 Å². The highest BCUT2D eigenvalue weighted by molar-refractivity contribution is 5.97. The molecule has 1 aliphatic heterocycles. The van der Waals surface area contributed by atoms with E-state index in [4.69, 9.17) is 15.5 Å². The minimum Gasteiger partial charge on any atom is -0.496 e. The Morgan fingerprint density at radius 1 is 1.31 bits per heavy atom. The van der Waals surface area contributed by atoms with E-state index in [2.05, 4.69) is 17.5 Å². The number of amides is 2. The maximum Gasteiger partial charge on any atom is 0.243 e. The second-order valence-corrected chi connectivity index (χ2v) is 8.08. The second-order valence-electron chi connectivity index (χ2n) is 8.08. The predicted molar refractivity (Wildman–Crippen MR) is 111 cm³/mol. The number of aryl methyl sites for hydroxylation is 1. The number of benzene rings is 1. The Hall–Kier alpha value is -2.89. The third kappa shape index (κ3) is 3.71. The van der Waals surface area contributed by atoms with Gasteiger partial charge in [-0.25, -0.2) is 0 Å². The second kappa shape index (κ2) is 7.85. The van der Waals surface area contributed by atoms with E-state index < -0.39 is 11.4 Å². The molecule has 3 atom stereocenters. The highest BCUT2D eigenvalue weighted by Crippen LogP contribution is 2.45. The number of nitrogens with two attached hydrogens (primary N) is 1. The Morgan fingerprint density at radius 2 is 2.14 bits per heavy atom. The van der Waals surface area contributed by atoms with Gasteiger partial charge in [-0.1, -0.05) is 30.4 Å². The number of primary amides is 1. The summed E-state index contributed by atoms with van der Waals surface area (Å²) >= 11 is 0. The fourth-order valence-electron chi connectivity index (χ4n) is 4.81. The van der Waals surface area contributed by atoms with Crippen molar-refractivity contribution in [3.63, 3.8) is 0 Å². The fraction of sp³-hybridized carbons (Fsp3) is 0.435. The summed E-state index contributed by atoms with van der Waals surface area (Å²) in [7, 11) is 1.62. The molecule has 0 aromatic heterocycles. The van der Waals surface area contributed by atoms with Gasteiger partial charge in [-0.3, -0.25) is 14.6 Å². The van der Waals surface area contributed by atoms with E-state index in [0.717, 1.165) is 29.1 Å². The number of methoxy groups -OCH3 is 1. The topological polar surface area (TPSA) is 93.8 Å². The number of allylic oxidation sites excluding steroid dienone is 4. The average molecular weight is 393 g/mol. The van der Waals surface area contributed by atoms with Gasteiger partial charge in [0.05, 0.1) is 7.11 Å². The minimum absolute atomic E-state index is 0.160. The van der Waals surface area contributed by atoms with Gasteiger partial charge in [-0.15, -0.1) is 0 Å². The van der Waals surface area contributed by atoms with Gasteiger partial charge in [0.1, 0.15) is 11.3 Å². The van der Waals surface area contributed by atoms with Gasteiger partial charge >= 0.3 is 0 Å². The molecule has 0 spiro atoms. The molecular weight excluding hydrogens is 366 g/mol. The lowest BCUT2D eigenvalue weighted by Gasteiger charge is -2.40. The average Bonchev–Trinajstić information content (AvgIpc) is 3.10. The van der Waals surface area contributed by atoms with Crippen LogP contribution in [-0.2, 0) is 16.0 Å². The Bertz CT molecular complexity index is 918. The number of rotatable bonds is 6. The van der Waals surface area contributed by atoms with Gasteiger partial charge < -0.3 is 15.8 Å². The molecular formula is C23H27N3O3. The number of carbonyl (C=O) groups is 2. The first kappa shape index (κ1) is 19.4. The molecule has 152 valence electrons. The van der Waals surface area contributed by atoms with Crippen molar-refractivity contribution in [3.8, 4) is 5.75 Å². The van der Waals surface area contributed by atoms with Crippen molar-refractivity contribution < 1.29 is 14.3 Å². The van der Waals surface area contributed by atoms with Gasteiger partial charge in [-0.05, 0) is 49.8 Å². The van der Waals surface area contributed by atoms with Crippen molar-refractivity contribution in [2.24, 2.45) is 22.6 Å². The van der Waals surface area contributed by atoms with Crippen LogP contribution in [0.15, 0.2) is 53.2 Å². The molecule has 0 radical (unpaired) electrons. The lowest BCUT2D eigenvalue weighted by atomic mass is 9.69. The van der Waals surface area contributed by atoms with Crippen molar-refractivity contribution in [2.75, 3.05) is 7.11 Å². The maximum atomic E-state index is 12.8. The molecule has 1 aromatic carbocycles. The third-order valence-electron chi connectivity index (χ3n) is 6.40. The van der Waals surface area contributed by atoms with Crippen LogP contribution in [-0.4, -0.2) is 30.2 Å². The Kier molecular flexibility index (Phi) is 5.26. The van der Waals surface area contributed by atoms with Crippen molar-refractivity contribution >= 4 is 17.5 Å². The lowest BCUT2D eigenvalue weighted by molar-refractivity contribution is -0.132. The van der Waals surface area contributed by atoms with Crippen LogP contribution < -0.4 is 15.8 Å². The third-order valence-corrected chi connectivity index (χ3v) is 6.40. The fourth-order valence-corrected chi connectivity index (χ4v) is 4.81. The van der Waals surface area contributed by atoms with Crippen LogP contribution in [0.2, 0.25) is 0 Å². The summed E-state index contributed by atoms with van der Waals surface area (Å²) in [4.78, 5) is 30.0. The molecule has 6 nitrogen and oxygen atoms in total. The number of nitrogens with one attached hydrogen (secondary N) is 1. The molecule has 1 heterocycles. The smallest absolute Gasteiger partial charge is 0.243 e. The maximum absolute atomic E-state index is 12.8. The molecule has 2 aliphatic carbocycles. The number of hydrogen-bond donors (Lipinski definition) is 2. The molecule has 1 fully saturated rings. The summed E-state index contributed by atoms with van der Waals surface area (Å²) in [5.74, 6) is 0.610. The van der Waals surface area contributed by atoms with Crippen LogP contribution in [0.4, 0.5) is 0 Å². The van der Waals surface area contributed by atoms with Crippen LogP contribution in [0.5, 0.6) is 5.75 Å². The SMILES string of the molecule is COc1ccccc1CCC(=O)NC1(C(N)=O)CCC2=NC3=CC=CCC3C2C1. The number of nitrogens with zero attached hydrogens (tertiary/aromatic N) is 1. The van der Waals surface area contributed by atoms with E-state index in [1.165, 1.54) is 0 Å². The van der Waals surface area contributed by atoms with E-state index >= 15 is 0 Å². The molecule has 1 saturated carbocycles. The van der Waals surface area contributed by atoms with Gasteiger partial charge in [-0.2, -0.15) is 0 Å². The van der Waals surface area contributed by atoms with E-state index in [0.29, 0.717) is 31.6 Å². The minimum atomic E-state index is -1.00. The number of ether oxygens (including phenoxy) is 1. The first-order valence-corrected chi connectivity index (χ1v) is 10.2. The molecule has 0 saturated heterocycles. The van der Waals surface area contributed by atoms with Crippen LogP contribution in [0, 0.1) is 11.8 Å². The van der Waals surface area contributed by atoms with Gasteiger partial charge in [0.2, 0.25) is 11.8 Å². The molecule has 0 bridgehead atoms. The Morgan fingerprint density at radius 3 is 2.93 bits per heavy atom. The zero-order valence-electron chi connectivity index (χ0n) is 16.7. The normalized spacial score (nSPS) is 27.3. The summed E-state index contributed by atoms with van der Waals surface area (Å²) in [6.45, 7) is 0. The van der Waals surface area contributed by atoms with E-state index in [1.54, 1.807) is 7.11 Å². The summed E-state index contributed by atoms with van der Waals surface area (Å²) < 4.78 is 5.35. The quantitative estimate of drug-likeness (QED) is 0.778. The number of hydrogen-bond acceptors (Lipinski definition) is 4. The highest BCUT2D eigenvalue weighted by atomic mass is 16.5. The van der Waals surface area contributed by atoms with Gasteiger partial charge in [0.15, 0.2) is 0 Å². The molecule has 6 heteroatoms. The van der Waals surface area contributed by atoms with Crippen LogP contribution in [0.3, 0.4) is 0 Å². The van der Waals surface area contributed by atoms with Crippen molar-refractivity contribution in [2.45, 2.75) is 44.1 Å². The van der Waals surface area contributed by atoms with Crippen LogP contribution in [0.1, 0.15) is 37.7 Å². The van der Waals surface area contributed by atoms with Crippen LogP contribution >= 0.6 is 0 Å². The summed E-state index contributed by atoms with van der Waals surface area (Å²) in [6, 6.07) is 7.65. The van der Waals surface area contributed by atoms with Crippen molar-refractivity contribution in [1.82, 2.24) is 5.32 Å². The monoisotopic (exact) mass is 393 g/mol. The predicted octanol–water partition coefficient (Wildman–Crippen LogP) is 2.68. The largest absolute Gasteiger partial charge is 0.496 e. The van der Waals surface area contributed by atoms with Crippen LogP contribution in [0.25, 0.3) is 0 Å². The van der Waals surface area contributed by atoms with Crippen molar-refractivity contribution in [3.05, 3.63) is 53.8 Å². The Balaban J connectivity index is 1.45. The first-order chi connectivity index (χ1) is 14.0. The number of fused-ring (bicyclic) bond motifs is 3. The summed E-state index contributed by atoms with van der Waals surface area (Å²) in [5, 5.41) is 3.00. The zero-order valence-corrected chi connectivity index (χ0v) is 16.7. The zero-order chi connectivity index (χ0) is 20.4. The van der Waals surface area contributed by atoms with Crippen molar-refractivity contribution in [1.29, 1.82) is 0 Å². The molecule has 3 N–H and O–H groups in total. The van der Waals surface area contributed by atoms with Gasteiger partial charge in [0, 0.05) is 29.7 Å². The standard InChI is InChI=1S/C23H27N3O3/c1-29-20-9-5-2-6-15(20)10-11-21(27)26-23(22(24)28)13-12-19-17(14-23)16-7-3-4-8-18(16)25-19/h2-6,8-9,16-17H,7,10-14H2,1H3,(H2,24,28)(H,26,27). The number of carbonyl (C=O) groups excluding carboxylic acids is 2. The van der Waals surface area contributed by atoms with Gasteiger partial charge in [0.25, 0.3) is 0 Å². The Labute approximate surface area is 170 Å². The number of para-hydroxylation sites is 1. The number of aliphatic imine (C=N–C) groups is 1.